The third-order valence-electron chi connectivity index (χ3n) is 12.9. The highest BCUT2D eigenvalue weighted by molar-refractivity contribution is 5.99. The highest BCUT2D eigenvalue weighted by Gasteiger charge is 2.36. The van der Waals surface area contributed by atoms with Crippen LogP contribution in [0.2, 0.25) is 0 Å². The monoisotopic (exact) mass is 937 g/mol. The molecule has 2 amide bonds. The van der Waals surface area contributed by atoms with Gasteiger partial charge in [-0.2, -0.15) is 10.1 Å². The minimum absolute atomic E-state index is 0.0875. The quantitative estimate of drug-likeness (QED) is 0.112. The van der Waals surface area contributed by atoms with E-state index in [1.807, 2.05) is 27.8 Å². The van der Waals surface area contributed by atoms with Gasteiger partial charge in [-0.05, 0) is 41.3 Å². The molecular formula is C46H51N17O6. The lowest BCUT2D eigenvalue weighted by molar-refractivity contribution is -0.151. The molecule has 5 aromatic heterocycles. The van der Waals surface area contributed by atoms with Crippen molar-refractivity contribution in [2.24, 2.45) is 5.73 Å². The molecule has 69 heavy (non-hydrogen) atoms. The van der Waals surface area contributed by atoms with Gasteiger partial charge in [-0.25, -0.2) is 39.4 Å². The molecule has 2 fully saturated rings. The van der Waals surface area contributed by atoms with Gasteiger partial charge < -0.3 is 51.1 Å². The van der Waals surface area contributed by atoms with Gasteiger partial charge in [-0.3, -0.25) is 14.5 Å². The molecule has 2 saturated heterocycles. The fourth-order valence-electron chi connectivity index (χ4n) is 9.13. The Morgan fingerprint density at radius 3 is 2.36 bits per heavy atom. The van der Waals surface area contributed by atoms with Crippen LogP contribution in [0, 0.1) is 0 Å². The number of hydrogen-bond acceptors (Lipinski definition) is 19. The van der Waals surface area contributed by atoms with Crippen molar-refractivity contribution in [3.63, 3.8) is 0 Å². The van der Waals surface area contributed by atoms with E-state index in [2.05, 4.69) is 56.8 Å². The highest BCUT2D eigenvalue weighted by Crippen LogP contribution is 2.33. The summed E-state index contributed by atoms with van der Waals surface area (Å²) in [5, 5.41) is 15.5. The zero-order chi connectivity index (χ0) is 47.6. The maximum Gasteiger partial charge on any atom is 0.328 e. The van der Waals surface area contributed by atoms with Crippen LogP contribution in [0.15, 0.2) is 71.9 Å². The van der Waals surface area contributed by atoms with Crippen molar-refractivity contribution in [2.75, 3.05) is 93.4 Å². The van der Waals surface area contributed by atoms with E-state index >= 15 is 0 Å². The number of carbonyl (C=O) groups excluding carboxylic acids is 2. The summed E-state index contributed by atoms with van der Waals surface area (Å²) in [7, 11) is 0. The largest absolute Gasteiger partial charge is 0.480 e. The summed E-state index contributed by atoms with van der Waals surface area (Å²) in [6.07, 6.45) is 8.67. The molecule has 0 radical (unpaired) electrons. The Hall–Kier alpha value is -7.89. The summed E-state index contributed by atoms with van der Waals surface area (Å²) in [5.41, 5.74) is 25.5. The van der Waals surface area contributed by atoms with Crippen LogP contribution in [0.3, 0.4) is 0 Å². The number of rotatable bonds is 14. The van der Waals surface area contributed by atoms with Gasteiger partial charge in [-0.1, -0.05) is 18.2 Å². The number of amides is 2. The standard InChI is InChI=1S/C46H51N17O6/c47-19-29-20-50-46(51-21-29)61-12-13-62(35(26-61)43(66)67)37(64)6-15-68-16-14-58-8-10-59(11-9-58)45-52-22-33(23-53-45)42(65)60-7-5-30-17-28(1-2-32(30)25-60)24-63-41-38(40(48)54-27-55-41)39(57-63)31-3-4-36-34(18-31)56-44(49)69-36/h1-4,17-18,20-23,27,35H,5-16,19,24-26,47H2,(H2,49,56)(H,66,67)(H2,48,54,55). The molecule has 7 N–H and O–H groups in total. The van der Waals surface area contributed by atoms with Gasteiger partial charge in [-0.15, -0.1) is 0 Å². The second-order valence-corrected chi connectivity index (χ2v) is 17.2. The van der Waals surface area contributed by atoms with Crippen LogP contribution in [-0.2, 0) is 40.4 Å². The number of nitrogens with two attached hydrogens (primary N) is 3. The van der Waals surface area contributed by atoms with Gasteiger partial charge in [0.15, 0.2) is 11.2 Å². The summed E-state index contributed by atoms with van der Waals surface area (Å²) >= 11 is 0. The number of carboxylic acids is 1. The minimum atomic E-state index is -1.08. The molecule has 23 nitrogen and oxygen atoms in total. The SMILES string of the molecule is NCc1cnc(N2CCN(C(=O)CCOCCN3CCN(c4ncc(C(=O)N5CCc6cc(Cn7nc(-c8ccc9oc(N)nc9c8)c8c(N)ncnc87)ccc6C5)cn4)CC3)C(C(=O)O)C2)nc1. The molecule has 7 aromatic rings. The average molecular weight is 938 g/mol. The van der Waals surface area contributed by atoms with E-state index < -0.39 is 12.0 Å². The second-order valence-electron chi connectivity index (χ2n) is 17.2. The first kappa shape index (κ1) is 44.9. The van der Waals surface area contributed by atoms with E-state index in [0.717, 1.165) is 35.3 Å². The van der Waals surface area contributed by atoms with Crippen LogP contribution in [0.4, 0.5) is 23.7 Å². The highest BCUT2D eigenvalue weighted by atomic mass is 16.5. The number of carbonyl (C=O) groups is 3. The molecule has 0 bridgehead atoms. The maximum atomic E-state index is 13.7. The lowest BCUT2D eigenvalue weighted by atomic mass is 9.97. The third-order valence-corrected chi connectivity index (χ3v) is 12.9. The number of aromatic nitrogens is 9. The van der Waals surface area contributed by atoms with Crippen molar-refractivity contribution in [1.29, 1.82) is 0 Å². The number of ether oxygens (including phenoxy) is 1. The molecule has 3 aliphatic heterocycles. The Kier molecular flexibility index (Phi) is 12.6. The van der Waals surface area contributed by atoms with Crippen LogP contribution >= 0.6 is 0 Å². The molecule has 10 rings (SSSR count). The zero-order valence-corrected chi connectivity index (χ0v) is 37.7. The fourth-order valence-corrected chi connectivity index (χ4v) is 9.13. The van der Waals surface area contributed by atoms with Crippen LogP contribution in [-0.4, -0.2) is 160 Å². The fraction of sp³-hybridized carbons (Fsp3) is 0.370. The molecule has 1 atom stereocenters. The predicted octanol–water partition coefficient (Wildman–Crippen LogP) is 1.42. The van der Waals surface area contributed by atoms with Gasteiger partial charge in [0.05, 0.1) is 43.7 Å². The van der Waals surface area contributed by atoms with E-state index in [0.29, 0.717) is 116 Å². The van der Waals surface area contributed by atoms with Crippen LogP contribution in [0.1, 0.15) is 39.0 Å². The van der Waals surface area contributed by atoms with Crippen molar-refractivity contribution in [3.05, 3.63) is 95.3 Å². The number of nitrogens with zero attached hydrogens (tertiary/aromatic N) is 14. The van der Waals surface area contributed by atoms with Gasteiger partial charge in [0, 0.05) is 101 Å². The van der Waals surface area contributed by atoms with Crippen molar-refractivity contribution in [2.45, 2.75) is 38.5 Å². The third kappa shape index (κ3) is 9.51. The second kappa shape index (κ2) is 19.4. The van der Waals surface area contributed by atoms with E-state index in [1.54, 1.807) is 35.8 Å². The lowest BCUT2D eigenvalue weighted by Crippen LogP contribution is -2.58. The molecule has 356 valence electrons. The summed E-state index contributed by atoms with van der Waals surface area (Å²) in [6.45, 7) is 6.79. The van der Waals surface area contributed by atoms with Crippen molar-refractivity contribution in [1.82, 2.24) is 59.4 Å². The Bertz CT molecular complexity index is 3010. The number of fused-ring (bicyclic) bond motifs is 3. The van der Waals surface area contributed by atoms with Crippen LogP contribution in [0.5, 0.6) is 0 Å². The normalized spacial score (nSPS) is 16.6. The van der Waals surface area contributed by atoms with E-state index in [9.17, 15) is 19.5 Å². The Morgan fingerprint density at radius 2 is 1.58 bits per heavy atom. The number of benzene rings is 2. The smallest absolute Gasteiger partial charge is 0.328 e. The topological polar surface area (TPSA) is 296 Å². The van der Waals surface area contributed by atoms with E-state index in [4.69, 9.17) is 31.5 Å². The molecule has 2 aromatic carbocycles. The van der Waals surface area contributed by atoms with E-state index in [1.165, 1.54) is 16.8 Å². The van der Waals surface area contributed by atoms with Crippen LogP contribution < -0.4 is 27.0 Å². The predicted molar refractivity (Wildman–Crippen MR) is 253 cm³/mol. The molecule has 23 heteroatoms. The Labute approximate surface area is 394 Å². The van der Waals surface area contributed by atoms with Gasteiger partial charge in [0.1, 0.15) is 29.4 Å². The number of oxazole rings is 1. The summed E-state index contributed by atoms with van der Waals surface area (Å²) in [5.74, 6) is -0.154. The van der Waals surface area contributed by atoms with Crippen molar-refractivity contribution < 1.29 is 28.6 Å². The van der Waals surface area contributed by atoms with E-state index in [-0.39, 0.29) is 43.9 Å². The summed E-state index contributed by atoms with van der Waals surface area (Å²) in [4.78, 5) is 79.1. The number of carboxylic acid groups (broad SMARTS) is 1. The Morgan fingerprint density at radius 1 is 0.812 bits per heavy atom. The summed E-state index contributed by atoms with van der Waals surface area (Å²) < 4.78 is 13.1. The van der Waals surface area contributed by atoms with Gasteiger partial charge in [0.25, 0.3) is 11.9 Å². The number of nitrogen functional groups attached to an aromatic ring is 2. The first-order valence-electron chi connectivity index (χ1n) is 22.8. The lowest BCUT2D eigenvalue weighted by Gasteiger charge is -2.39. The maximum absolute atomic E-state index is 13.7. The molecule has 1 unspecified atom stereocenters. The molecular weight excluding hydrogens is 887 g/mol. The average Bonchev–Trinajstić information content (AvgIpc) is 3.95. The van der Waals surface area contributed by atoms with Gasteiger partial charge >= 0.3 is 5.97 Å². The molecule has 8 heterocycles. The molecule has 0 aliphatic carbocycles. The zero-order valence-electron chi connectivity index (χ0n) is 37.7. The number of aliphatic carboxylic acids is 1. The first-order valence-corrected chi connectivity index (χ1v) is 22.8. The molecule has 0 saturated carbocycles. The molecule has 0 spiro atoms. The van der Waals surface area contributed by atoms with Crippen molar-refractivity contribution in [3.8, 4) is 11.3 Å². The Balaban J connectivity index is 0.671. The number of hydrogen-bond donors (Lipinski definition) is 4. The van der Waals surface area contributed by atoms with Crippen LogP contribution in [0.25, 0.3) is 33.4 Å². The molecule has 3 aliphatic rings. The summed E-state index contributed by atoms with van der Waals surface area (Å²) in [6, 6.07) is 10.9. The van der Waals surface area contributed by atoms with Gasteiger partial charge in [0.2, 0.25) is 17.8 Å². The number of piperazine rings is 2. The first-order chi connectivity index (χ1) is 33.6. The minimum Gasteiger partial charge on any atom is -0.480 e. The number of anilines is 4. The van der Waals surface area contributed by atoms with Crippen molar-refractivity contribution >= 4 is 63.6 Å².